The van der Waals surface area contributed by atoms with Gasteiger partial charge in [0.1, 0.15) is 25.1 Å². The fourth-order valence-corrected chi connectivity index (χ4v) is 4.53. The summed E-state index contributed by atoms with van der Waals surface area (Å²) in [5.74, 6) is -1.52. The molecule has 2 aliphatic heterocycles. The third-order valence-electron chi connectivity index (χ3n) is 6.71. The maximum absolute atomic E-state index is 14.7. The molecule has 2 heterocycles. The van der Waals surface area contributed by atoms with E-state index in [9.17, 15) is 23.9 Å². The van der Waals surface area contributed by atoms with E-state index in [1.54, 1.807) is 36.4 Å². The number of benzene rings is 3. The van der Waals surface area contributed by atoms with Crippen molar-refractivity contribution in [3.63, 3.8) is 0 Å². The third kappa shape index (κ3) is 5.46. The van der Waals surface area contributed by atoms with Crippen LogP contribution in [0.1, 0.15) is 23.7 Å². The van der Waals surface area contributed by atoms with E-state index < -0.39 is 23.9 Å². The second-order valence-electron chi connectivity index (χ2n) is 9.24. The molecule has 1 saturated heterocycles. The normalized spacial score (nSPS) is 16.9. The highest BCUT2D eigenvalue weighted by atomic mass is 19.1. The van der Waals surface area contributed by atoms with E-state index >= 15 is 0 Å². The van der Waals surface area contributed by atoms with Crippen molar-refractivity contribution in [2.45, 2.75) is 18.6 Å². The standard InChI is InChI=1S/C28H27F2N3O5/c29-21-8-6-18(7-9-21)17-2-4-19(5-3-17)25(32-36)28(35)31-23(16-33-10-1-11-33)26(34)20-14-22(30)27-24(15-20)37-12-13-38-27/h2-9,14-15,23,26,34,36H,1,10-13,16H2,(H,31,35)/t23-,26-/m1/s1. The number of aliphatic hydroxyl groups excluding tert-OH is 1. The van der Waals surface area contributed by atoms with Gasteiger partial charge in [-0.3, -0.25) is 4.79 Å². The van der Waals surface area contributed by atoms with Crippen LogP contribution >= 0.6 is 0 Å². The van der Waals surface area contributed by atoms with Crippen molar-refractivity contribution >= 4 is 11.6 Å². The molecule has 10 heteroatoms. The molecule has 1 fully saturated rings. The van der Waals surface area contributed by atoms with Gasteiger partial charge >= 0.3 is 0 Å². The topological polar surface area (TPSA) is 104 Å². The van der Waals surface area contributed by atoms with Crippen LogP contribution in [0.15, 0.2) is 65.8 Å². The molecule has 5 rings (SSSR count). The third-order valence-corrected chi connectivity index (χ3v) is 6.71. The number of ether oxygens (including phenoxy) is 2. The van der Waals surface area contributed by atoms with E-state index in [1.807, 2.05) is 0 Å². The molecule has 0 spiro atoms. The summed E-state index contributed by atoms with van der Waals surface area (Å²) in [6.07, 6.45) is -0.273. The van der Waals surface area contributed by atoms with Crippen molar-refractivity contribution < 1.29 is 33.4 Å². The molecular weight excluding hydrogens is 496 g/mol. The molecule has 3 N–H and O–H groups in total. The van der Waals surface area contributed by atoms with Crippen LogP contribution in [-0.4, -0.2) is 65.7 Å². The van der Waals surface area contributed by atoms with Crippen LogP contribution in [0.3, 0.4) is 0 Å². The van der Waals surface area contributed by atoms with E-state index in [1.165, 1.54) is 24.3 Å². The van der Waals surface area contributed by atoms with E-state index in [0.717, 1.165) is 30.6 Å². The highest BCUT2D eigenvalue weighted by Crippen LogP contribution is 2.36. The molecule has 2 atom stereocenters. The molecule has 198 valence electrons. The van der Waals surface area contributed by atoms with Crippen LogP contribution in [0.4, 0.5) is 8.78 Å². The summed E-state index contributed by atoms with van der Waals surface area (Å²) < 4.78 is 38.7. The van der Waals surface area contributed by atoms with Crippen LogP contribution in [0.2, 0.25) is 0 Å². The summed E-state index contributed by atoms with van der Waals surface area (Å²) in [6.45, 7) is 2.41. The molecule has 0 saturated carbocycles. The van der Waals surface area contributed by atoms with E-state index in [0.29, 0.717) is 12.1 Å². The Kier molecular flexibility index (Phi) is 7.52. The number of hydrogen-bond acceptors (Lipinski definition) is 7. The number of aliphatic hydroxyl groups is 1. The fraction of sp³-hybridized carbons (Fsp3) is 0.286. The second-order valence-corrected chi connectivity index (χ2v) is 9.24. The van der Waals surface area contributed by atoms with E-state index in [-0.39, 0.29) is 41.8 Å². The lowest BCUT2D eigenvalue weighted by atomic mass is 9.98. The van der Waals surface area contributed by atoms with Gasteiger partial charge in [0.15, 0.2) is 23.0 Å². The lowest BCUT2D eigenvalue weighted by Crippen LogP contribution is -2.52. The van der Waals surface area contributed by atoms with Crippen molar-refractivity contribution in [2.24, 2.45) is 5.16 Å². The van der Waals surface area contributed by atoms with Gasteiger partial charge in [-0.1, -0.05) is 41.6 Å². The first-order chi connectivity index (χ1) is 18.4. The molecule has 38 heavy (non-hydrogen) atoms. The number of amides is 1. The Morgan fingerprint density at radius 1 is 1.00 bits per heavy atom. The number of nitrogens with one attached hydrogen (secondary N) is 1. The Hall–Kier alpha value is -4.02. The SMILES string of the molecule is O=C(N[C@H](CN1CCC1)[C@H](O)c1cc(F)c2c(c1)OCCO2)C(=NO)c1ccc(-c2ccc(F)cc2)cc1. The molecule has 0 radical (unpaired) electrons. The smallest absolute Gasteiger partial charge is 0.274 e. The van der Waals surface area contributed by atoms with Gasteiger partial charge in [-0.05, 0) is 60.5 Å². The maximum Gasteiger partial charge on any atom is 0.274 e. The van der Waals surface area contributed by atoms with Gasteiger partial charge < -0.3 is 30.0 Å². The Balaban J connectivity index is 1.35. The Bertz CT molecular complexity index is 1330. The molecule has 0 unspecified atom stereocenters. The Labute approximate surface area is 218 Å². The molecule has 1 amide bonds. The van der Waals surface area contributed by atoms with Crippen LogP contribution < -0.4 is 14.8 Å². The number of carbonyl (C=O) groups is 1. The summed E-state index contributed by atoms with van der Waals surface area (Å²) in [5.41, 5.74) is 1.90. The van der Waals surface area contributed by atoms with Gasteiger partial charge in [-0.2, -0.15) is 0 Å². The first kappa shape index (κ1) is 25.6. The van der Waals surface area contributed by atoms with Crippen molar-refractivity contribution in [2.75, 3.05) is 32.8 Å². The predicted molar refractivity (Wildman–Crippen MR) is 135 cm³/mol. The van der Waals surface area contributed by atoms with E-state index in [2.05, 4.69) is 15.4 Å². The zero-order valence-electron chi connectivity index (χ0n) is 20.4. The number of carbonyl (C=O) groups excluding carboxylic acids is 1. The average Bonchev–Trinajstić information content (AvgIpc) is 2.91. The van der Waals surface area contributed by atoms with Crippen molar-refractivity contribution in [3.8, 4) is 22.6 Å². The predicted octanol–water partition coefficient (Wildman–Crippen LogP) is 3.51. The fourth-order valence-electron chi connectivity index (χ4n) is 4.53. The van der Waals surface area contributed by atoms with Gasteiger partial charge in [0, 0.05) is 12.1 Å². The zero-order chi connectivity index (χ0) is 26.6. The maximum atomic E-state index is 14.7. The number of fused-ring (bicyclic) bond motifs is 1. The van der Waals surface area contributed by atoms with Crippen LogP contribution in [-0.2, 0) is 4.79 Å². The van der Waals surface area contributed by atoms with Gasteiger partial charge in [0.25, 0.3) is 5.91 Å². The van der Waals surface area contributed by atoms with Crippen LogP contribution in [0, 0.1) is 11.6 Å². The second kappa shape index (κ2) is 11.2. The highest BCUT2D eigenvalue weighted by Gasteiger charge is 2.31. The Morgan fingerprint density at radius 3 is 2.29 bits per heavy atom. The zero-order valence-corrected chi connectivity index (χ0v) is 20.4. The summed E-state index contributed by atoms with van der Waals surface area (Å²) in [6, 6.07) is 14.5. The number of halogens is 2. The van der Waals surface area contributed by atoms with Crippen LogP contribution in [0.5, 0.6) is 11.5 Å². The minimum atomic E-state index is -1.27. The lowest BCUT2D eigenvalue weighted by molar-refractivity contribution is -0.116. The number of hydrogen-bond donors (Lipinski definition) is 3. The van der Waals surface area contributed by atoms with Crippen molar-refractivity contribution in [3.05, 3.63) is 83.4 Å². The minimum Gasteiger partial charge on any atom is -0.486 e. The Morgan fingerprint density at radius 2 is 1.66 bits per heavy atom. The van der Waals surface area contributed by atoms with Gasteiger partial charge in [-0.15, -0.1) is 0 Å². The lowest BCUT2D eigenvalue weighted by Gasteiger charge is -2.36. The summed E-state index contributed by atoms with van der Waals surface area (Å²) in [5, 5.41) is 26.8. The first-order valence-electron chi connectivity index (χ1n) is 12.3. The van der Waals surface area contributed by atoms with Crippen molar-refractivity contribution in [1.82, 2.24) is 10.2 Å². The first-order valence-corrected chi connectivity index (χ1v) is 12.3. The number of rotatable bonds is 8. The number of oxime groups is 1. The van der Waals surface area contributed by atoms with E-state index in [4.69, 9.17) is 9.47 Å². The summed E-state index contributed by atoms with van der Waals surface area (Å²) in [4.78, 5) is 15.3. The highest BCUT2D eigenvalue weighted by molar-refractivity contribution is 6.45. The molecule has 0 aromatic heterocycles. The van der Waals surface area contributed by atoms with Gasteiger partial charge in [0.2, 0.25) is 0 Å². The molecular formula is C28H27F2N3O5. The minimum absolute atomic E-state index is 0.00527. The molecule has 0 aliphatic carbocycles. The van der Waals surface area contributed by atoms with Crippen LogP contribution in [0.25, 0.3) is 11.1 Å². The quantitative estimate of drug-likeness (QED) is 0.237. The molecule has 8 nitrogen and oxygen atoms in total. The molecule has 0 bridgehead atoms. The number of nitrogens with zero attached hydrogens (tertiary/aromatic N) is 2. The van der Waals surface area contributed by atoms with Crippen molar-refractivity contribution in [1.29, 1.82) is 0 Å². The number of likely N-dealkylation sites (tertiary alicyclic amines) is 1. The molecule has 3 aromatic rings. The summed E-state index contributed by atoms with van der Waals surface area (Å²) >= 11 is 0. The average molecular weight is 524 g/mol. The summed E-state index contributed by atoms with van der Waals surface area (Å²) in [7, 11) is 0. The largest absolute Gasteiger partial charge is 0.486 e. The van der Waals surface area contributed by atoms with Gasteiger partial charge in [0.05, 0.1) is 6.04 Å². The molecule has 2 aliphatic rings. The monoisotopic (exact) mass is 523 g/mol. The molecule has 3 aromatic carbocycles. The van der Waals surface area contributed by atoms with Gasteiger partial charge in [-0.25, -0.2) is 8.78 Å².